The average molecular weight is 716 g/mol. The van der Waals surface area contributed by atoms with Crippen LogP contribution in [0.15, 0.2) is 206 Å². The van der Waals surface area contributed by atoms with Crippen molar-refractivity contribution in [3.8, 4) is 55.9 Å². The number of benzene rings is 10. The van der Waals surface area contributed by atoms with Crippen molar-refractivity contribution in [3.63, 3.8) is 0 Å². The lowest BCUT2D eigenvalue weighted by molar-refractivity contribution is 1.18. The van der Waals surface area contributed by atoms with Crippen LogP contribution in [0.3, 0.4) is 0 Å². The van der Waals surface area contributed by atoms with Gasteiger partial charge in [-0.05, 0) is 117 Å². The highest BCUT2D eigenvalue weighted by molar-refractivity contribution is 6.22. The molecule has 0 radical (unpaired) electrons. The van der Waals surface area contributed by atoms with Crippen LogP contribution in [0.5, 0.6) is 0 Å². The SMILES string of the molecule is [2H]c1c([2H])c([2H])c(-c2ccc3c(-c4ccc(-c5ccc(-c6cc7c8ccccc8ccc7c7ccccc67)cc5)cc4)c4ccccc4c(-c4ncccn4)c3c2)c([2H])c1[2H]. The monoisotopic (exact) mass is 715 g/mol. The highest BCUT2D eigenvalue weighted by Gasteiger charge is 2.19. The van der Waals surface area contributed by atoms with E-state index in [1.54, 1.807) is 18.5 Å². The van der Waals surface area contributed by atoms with E-state index < -0.39 is 6.04 Å². The van der Waals surface area contributed by atoms with Gasteiger partial charge in [-0.3, -0.25) is 0 Å². The van der Waals surface area contributed by atoms with E-state index in [4.69, 9.17) is 6.85 Å². The summed E-state index contributed by atoms with van der Waals surface area (Å²) in [7, 11) is 0. The number of hydrogen-bond acceptors (Lipinski definition) is 2. The highest BCUT2D eigenvalue weighted by Crippen LogP contribution is 2.45. The Kier molecular flexibility index (Phi) is 6.39. The molecule has 0 aliphatic carbocycles. The molecule has 10 aromatic carbocycles. The van der Waals surface area contributed by atoms with E-state index in [1.807, 2.05) is 30.3 Å². The van der Waals surface area contributed by atoms with Crippen molar-refractivity contribution in [2.45, 2.75) is 0 Å². The molecule has 0 N–H and O–H groups in total. The molecule has 2 heteroatoms. The van der Waals surface area contributed by atoms with Crippen LogP contribution in [0.2, 0.25) is 0 Å². The first-order chi connectivity index (χ1) is 29.9. The second-order valence-electron chi connectivity index (χ2n) is 14.1. The van der Waals surface area contributed by atoms with Gasteiger partial charge < -0.3 is 0 Å². The van der Waals surface area contributed by atoms with E-state index in [0.717, 1.165) is 54.9 Å². The molecule has 260 valence electrons. The number of aromatic nitrogens is 2. The lowest BCUT2D eigenvalue weighted by Gasteiger charge is -2.18. The second-order valence-corrected chi connectivity index (χ2v) is 14.1. The summed E-state index contributed by atoms with van der Waals surface area (Å²) in [6.07, 6.45) is 3.43. The molecule has 2 nitrogen and oxygen atoms in total. The van der Waals surface area contributed by atoms with Crippen molar-refractivity contribution in [1.29, 1.82) is 0 Å². The molecule has 0 saturated heterocycles. The molecule has 0 spiro atoms. The normalized spacial score (nSPS) is 12.8. The number of fused-ring (bicyclic) bond motifs is 7. The summed E-state index contributed by atoms with van der Waals surface area (Å²) < 4.78 is 42.4. The fourth-order valence-electron chi connectivity index (χ4n) is 8.48. The third-order valence-electron chi connectivity index (χ3n) is 11.1. The van der Waals surface area contributed by atoms with Crippen LogP contribution < -0.4 is 0 Å². The molecule has 0 aliphatic rings. The van der Waals surface area contributed by atoms with E-state index in [0.29, 0.717) is 11.4 Å². The molecule has 0 bridgehead atoms. The van der Waals surface area contributed by atoms with Crippen LogP contribution in [-0.2, 0) is 0 Å². The van der Waals surface area contributed by atoms with Crippen LogP contribution >= 0.6 is 0 Å². The predicted molar refractivity (Wildman–Crippen MR) is 237 cm³/mol. The molecular formula is C54H34N2. The van der Waals surface area contributed by atoms with Gasteiger partial charge in [0.15, 0.2) is 5.82 Å². The molecule has 0 fully saturated rings. The van der Waals surface area contributed by atoms with Gasteiger partial charge in [-0.25, -0.2) is 9.97 Å². The van der Waals surface area contributed by atoms with Crippen LogP contribution in [0.4, 0.5) is 0 Å². The van der Waals surface area contributed by atoms with Gasteiger partial charge in [0.1, 0.15) is 0 Å². The molecule has 11 rings (SSSR count). The first kappa shape index (κ1) is 27.2. The molecule has 11 aromatic rings. The summed E-state index contributed by atoms with van der Waals surface area (Å²) in [4.78, 5) is 9.34. The summed E-state index contributed by atoms with van der Waals surface area (Å²) in [6.45, 7) is 0. The Balaban J connectivity index is 1.04. The summed E-state index contributed by atoms with van der Waals surface area (Å²) in [6, 6.07) is 55.7. The Bertz CT molecular complexity index is 3540. The largest absolute Gasteiger partial charge is 0.237 e. The third-order valence-corrected chi connectivity index (χ3v) is 11.1. The highest BCUT2D eigenvalue weighted by atomic mass is 14.9. The number of nitrogens with zero attached hydrogens (tertiary/aromatic N) is 2. The minimum Gasteiger partial charge on any atom is -0.237 e. The maximum Gasteiger partial charge on any atom is 0.160 e. The van der Waals surface area contributed by atoms with Gasteiger partial charge in [0.25, 0.3) is 0 Å². The third kappa shape index (κ3) is 5.26. The molecular weight excluding hydrogens is 677 g/mol. The molecule has 0 amide bonds. The van der Waals surface area contributed by atoms with Crippen LogP contribution in [0.1, 0.15) is 6.85 Å². The smallest absolute Gasteiger partial charge is 0.160 e. The maximum atomic E-state index is 8.74. The van der Waals surface area contributed by atoms with Crippen molar-refractivity contribution >= 4 is 53.9 Å². The summed E-state index contributed by atoms with van der Waals surface area (Å²) in [5, 5.41) is 11.2. The standard InChI is InChI=1S/C54H34N2/c1-2-11-35(12-3-1)41-28-30-48-51(33-41)53(54-55-31-10-32-56-54)47-18-9-8-17-46(47)52(48)40-25-21-37(22-26-40)36-19-23-39(24-20-36)49-34-50-42-14-5-4-13-38(42)27-29-45(50)43-15-6-7-16-44(43)49/h1-34H/i1D,2D,3D,11D,12D. The maximum absolute atomic E-state index is 8.74. The zero-order valence-corrected chi connectivity index (χ0v) is 30.1. The number of rotatable bonds is 5. The summed E-state index contributed by atoms with van der Waals surface area (Å²) >= 11 is 0. The average Bonchev–Trinajstić information content (AvgIpc) is 3.32. The van der Waals surface area contributed by atoms with Gasteiger partial charge in [0.2, 0.25) is 0 Å². The van der Waals surface area contributed by atoms with Gasteiger partial charge in [0, 0.05) is 18.0 Å². The summed E-state index contributed by atoms with van der Waals surface area (Å²) in [5.74, 6) is 0.539. The van der Waals surface area contributed by atoms with Gasteiger partial charge in [-0.15, -0.1) is 0 Å². The van der Waals surface area contributed by atoms with Gasteiger partial charge >= 0.3 is 0 Å². The van der Waals surface area contributed by atoms with E-state index in [1.165, 1.54) is 37.9 Å². The Hall–Kier alpha value is -7.42. The fourth-order valence-corrected chi connectivity index (χ4v) is 8.48. The second kappa shape index (κ2) is 13.2. The molecule has 56 heavy (non-hydrogen) atoms. The van der Waals surface area contributed by atoms with Crippen molar-refractivity contribution in [1.82, 2.24) is 9.97 Å². The first-order valence-electron chi connectivity index (χ1n) is 21.2. The Morgan fingerprint density at radius 2 is 0.857 bits per heavy atom. The van der Waals surface area contributed by atoms with E-state index >= 15 is 0 Å². The lowest BCUT2D eigenvalue weighted by Crippen LogP contribution is -1.94. The van der Waals surface area contributed by atoms with Crippen molar-refractivity contribution in [3.05, 3.63) is 206 Å². The Morgan fingerprint density at radius 1 is 0.321 bits per heavy atom. The van der Waals surface area contributed by atoms with Crippen molar-refractivity contribution in [2.75, 3.05) is 0 Å². The molecule has 1 aromatic heterocycles. The lowest BCUT2D eigenvalue weighted by atomic mass is 9.86. The van der Waals surface area contributed by atoms with Crippen molar-refractivity contribution < 1.29 is 6.85 Å². The predicted octanol–water partition coefficient (Wildman–Crippen LogP) is 14.6. The Morgan fingerprint density at radius 3 is 1.59 bits per heavy atom. The summed E-state index contributed by atoms with van der Waals surface area (Å²) in [5.41, 5.74) is 8.11. The minimum absolute atomic E-state index is 0.153. The zero-order chi connectivity index (χ0) is 41.4. The first-order valence-corrected chi connectivity index (χ1v) is 18.7. The quantitative estimate of drug-likeness (QED) is 0.131. The molecule has 0 unspecified atom stereocenters. The molecule has 0 aliphatic heterocycles. The van der Waals surface area contributed by atoms with Crippen LogP contribution in [0.25, 0.3) is 110 Å². The van der Waals surface area contributed by atoms with Gasteiger partial charge in [-0.2, -0.15) is 0 Å². The van der Waals surface area contributed by atoms with Crippen LogP contribution in [-0.4, -0.2) is 9.97 Å². The van der Waals surface area contributed by atoms with E-state index in [9.17, 15) is 0 Å². The molecule has 0 atom stereocenters. The van der Waals surface area contributed by atoms with Crippen LogP contribution in [0, 0.1) is 0 Å². The van der Waals surface area contributed by atoms with E-state index in [-0.39, 0.29) is 29.7 Å². The zero-order valence-electron chi connectivity index (χ0n) is 35.1. The Labute approximate surface area is 332 Å². The fraction of sp³-hybridized carbons (Fsp3) is 0. The molecule has 1 heterocycles. The topological polar surface area (TPSA) is 25.8 Å². The number of hydrogen-bond donors (Lipinski definition) is 0. The van der Waals surface area contributed by atoms with E-state index in [2.05, 4.69) is 137 Å². The minimum atomic E-state index is -0.419. The van der Waals surface area contributed by atoms with Gasteiger partial charge in [0.05, 0.1) is 6.85 Å². The molecule has 0 saturated carbocycles. The van der Waals surface area contributed by atoms with Crippen molar-refractivity contribution in [2.24, 2.45) is 0 Å². The van der Waals surface area contributed by atoms with Gasteiger partial charge in [-0.1, -0.05) is 176 Å².